The predicted octanol–water partition coefficient (Wildman–Crippen LogP) is 3.13. The van der Waals surface area contributed by atoms with Crippen LogP contribution in [0.5, 0.6) is 0 Å². The number of benzene rings is 2. The summed E-state index contributed by atoms with van der Waals surface area (Å²) < 4.78 is 23.9. The van der Waals surface area contributed by atoms with Crippen molar-refractivity contribution in [3.05, 3.63) is 70.3 Å². The molecule has 0 aliphatic rings. The first-order valence-electron chi connectivity index (χ1n) is 8.32. The van der Waals surface area contributed by atoms with Crippen LogP contribution in [0, 0.1) is 0 Å². The number of primary amides is 2. The second-order valence-electron chi connectivity index (χ2n) is 6.12. The van der Waals surface area contributed by atoms with Gasteiger partial charge in [-0.2, -0.15) is 0 Å². The molecular formula is C19H22N2O4P2. The average Bonchev–Trinajstić information content (AvgIpc) is 2.68. The van der Waals surface area contributed by atoms with Gasteiger partial charge in [0.25, 0.3) is 0 Å². The van der Waals surface area contributed by atoms with Crippen LogP contribution in [0.3, 0.4) is 0 Å². The quantitative estimate of drug-likeness (QED) is 0.519. The molecule has 2 amide bonds. The van der Waals surface area contributed by atoms with E-state index in [-0.39, 0.29) is 5.56 Å². The lowest BCUT2D eigenvalue weighted by atomic mass is 9.97. The van der Waals surface area contributed by atoms with Crippen molar-refractivity contribution in [3.8, 4) is 0 Å². The van der Waals surface area contributed by atoms with Gasteiger partial charge in [0.05, 0.1) is 21.8 Å². The van der Waals surface area contributed by atoms with Gasteiger partial charge in [-0.25, -0.2) is 0 Å². The number of carbonyl (C=O) groups excluding carboxylic acids is 2. The van der Waals surface area contributed by atoms with E-state index in [0.717, 1.165) is 5.56 Å². The summed E-state index contributed by atoms with van der Waals surface area (Å²) in [5, 5.41) is 0. The molecule has 0 heterocycles. The van der Waals surface area contributed by atoms with Crippen LogP contribution >= 0.6 is 16.9 Å². The molecule has 8 heteroatoms. The van der Waals surface area contributed by atoms with Crippen molar-refractivity contribution in [2.75, 3.05) is 0 Å². The largest absolute Gasteiger partial charge is 0.366 e. The van der Waals surface area contributed by atoms with Crippen LogP contribution < -0.4 is 11.5 Å². The van der Waals surface area contributed by atoms with Crippen molar-refractivity contribution in [2.45, 2.75) is 18.2 Å². The first kappa shape index (κ1) is 20.9. The Hall–Kier alpha value is -2.42. The van der Waals surface area contributed by atoms with Gasteiger partial charge in [-0.1, -0.05) is 37.3 Å². The zero-order valence-corrected chi connectivity index (χ0v) is 17.2. The average molecular weight is 404 g/mol. The maximum absolute atomic E-state index is 11.9. The third kappa shape index (κ3) is 4.65. The summed E-state index contributed by atoms with van der Waals surface area (Å²) in [6.07, 6.45) is 4.04. The van der Waals surface area contributed by atoms with Crippen molar-refractivity contribution in [3.63, 3.8) is 0 Å². The van der Waals surface area contributed by atoms with Gasteiger partial charge >= 0.3 is 0 Å². The Balaban J connectivity index is 2.52. The minimum absolute atomic E-state index is 0.284. The van der Waals surface area contributed by atoms with Gasteiger partial charge in [0, 0.05) is 11.1 Å². The summed E-state index contributed by atoms with van der Waals surface area (Å²) in [4.78, 5) is 21.7. The highest BCUT2D eigenvalue weighted by atomic mass is 31.1. The van der Waals surface area contributed by atoms with Gasteiger partial charge in [0.15, 0.2) is 0 Å². The Morgan fingerprint density at radius 2 is 1.48 bits per heavy atom. The van der Waals surface area contributed by atoms with E-state index in [4.69, 9.17) is 11.5 Å². The number of carbonyl (C=O) groups is 2. The van der Waals surface area contributed by atoms with Crippen LogP contribution in [-0.2, 0) is 14.0 Å². The van der Waals surface area contributed by atoms with Gasteiger partial charge < -0.3 is 20.6 Å². The molecule has 2 unspecified atom stereocenters. The standard InChI is InChI=1S/C19H22N2O4P2/c1-2-19(26-24,27-25)16-11-15(18(21)23)10-9-13(16)6-3-12-4-7-14(8-5-12)17(20)22/h3-11H,2,26-27H2,1H3,(H2,20,22)(H2,21,23). The summed E-state index contributed by atoms with van der Waals surface area (Å²) in [5.41, 5.74) is 13.4. The van der Waals surface area contributed by atoms with Crippen molar-refractivity contribution >= 4 is 40.9 Å². The fourth-order valence-electron chi connectivity index (χ4n) is 2.71. The molecule has 4 N–H and O–H groups in total. The molecule has 0 aliphatic carbocycles. The number of hydrogen-bond donors (Lipinski definition) is 2. The second kappa shape index (κ2) is 8.98. The Kier molecular flexibility index (Phi) is 6.95. The van der Waals surface area contributed by atoms with E-state index in [1.807, 2.05) is 13.0 Å². The smallest absolute Gasteiger partial charge is 0.248 e. The van der Waals surface area contributed by atoms with Crippen molar-refractivity contribution in [1.29, 1.82) is 0 Å². The summed E-state index contributed by atoms with van der Waals surface area (Å²) in [6, 6.07) is 11.6. The Morgan fingerprint density at radius 1 is 0.926 bits per heavy atom. The van der Waals surface area contributed by atoms with Gasteiger partial charge in [-0.15, -0.1) is 0 Å². The van der Waals surface area contributed by atoms with Crippen LogP contribution in [0.2, 0.25) is 0 Å². The third-order valence-electron chi connectivity index (χ3n) is 4.50. The van der Waals surface area contributed by atoms with Crippen LogP contribution in [0.1, 0.15) is 50.8 Å². The Morgan fingerprint density at radius 3 is 1.96 bits per heavy atom. The fourth-order valence-corrected chi connectivity index (χ4v) is 4.02. The minimum atomic E-state index is -1.35. The fraction of sp³-hybridized carbons (Fsp3) is 0.158. The number of rotatable bonds is 8. The molecule has 2 aromatic rings. The Bertz CT molecular complexity index is 916. The van der Waals surface area contributed by atoms with E-state index in [0.29, 0.717) is 23.1 Å². The highest BCUT2D eigenvalue weighted by Crippen LogP contribution is 2.49. The molecule has 142 valence electrons. The number of hydrogen-bond acceptors (Lipinski definition) is 4. The SMILES string of the molecule is CCC([PH2]=O)([PH2]=O)c1cc(C(N)=O)ccc1C=Cc1ccc(C(N)=O)cc1. The molecule has 0 bridgehead atoms. The normalized spacial score (nSPS) is 14.3. The van der Waals surface area contributed by atoms with Gasteiger partial charge in [-0.05, 0) is 47.4 Å². The molecule has 2 aromatic carbocycles. The van der Waals surface area contributed by atoms with Crippen LogP contribution in [0.4, 0.5) is 0 Å². The molecule has 0 spiro atoms. The molecule has 0 saturated heterocycles. The van der Waals surface area contributed by atoms with Gasteiger partial charge in [0.1, 0.15) is 0 Å². The summed E-state index contributed by atoms with van der Waals surface area (Å²) >= 11 is 0. The first-order valence-corrected chi connectivity index (χ1v) is 10.4. The van der Waals surface area contributed by atoms with Crippen molar-refractivity contribution in [1.82, 2.24) is 0 Å². The lowest BCUT2D eigenvalue weighted by Crippen LogP contribution is -2.16. The lowest BCUT2D eigenvalue weighted by Gasteiger charge is -2.24. The molecule has 0 aromatic heterocycles. The highest BCUT2D eigenvalue weighted by Gasteiger charge is 2.30. The summed E-state index contributed by atoms with van der Waals surface area (Å²) in [5.74, 6) is -1.10. The lowest BCUT2D eigenvalue weighted by molar-refractivity contribution is 0.0992. The van der Waals surface area contributed by atoms with Crippen LogP contribution in [0.25, 0.3) is 12.2 Å². The first-order chi connectivity index (χ1) is 12.9. The minimum Gasteiger partial charge on any atom is -0.366 e. The van der Waals surface area contributed by atoms with E-state index < -0.39 is 33.6 Å². The molecular weight excluding hydrogens is 382 g/mol. The molecule has 2 atom stereocenters. The van der Waals surface area contributed by atoms with Crippen molar-refractivity contribution in [2.24, 2.45) is 11.5 Å². The molecule has 27 heavy (non-hydrogen) atoms. The van der Waals surface area contributed by atoms with E-state index in [2.05, 4.69) is 0 Å². The third-order valence-corrected chi connectivity index (χ3v) is 7.59. The van der Waals surface area contributed by atoms with E-state index in [9.17, 15) is 18.7 Å². The topological polar surface area (TPSA) is 120 Å². The van der Waals surface area contributed by atoms with E-state index >= 15 is 0 Å². The second-order valence-corrected chi connectivity index (χ2v) is 9.31. The van der Waals surface area contributed by atoms with Gasteiger partial charge in [-0.3, -0.25) is 9.59 Å². The molecule has 0 aliphatic heterocycles. The van der Waals surface area contributed by atoms with Crippen molar-refractivity contribution < 1.29 is 18.7 Å². The zero-order valence-electron chi connectivity index (χ0n) is 14.8. The number of amides is 2. The monoisotopic (exact) mass is 404 g/mol. The molecule has 6 nitrogen and oxygen atoms in total. The van der Waals surface area contributed by atoms with Crippen LogP contribution in [0.15, 0.2) is 42.5 Å². The summed E-state index contributed by atoms with van der Waals surface area (Å²) in [7, 11) is -2.71. The van der Waals surface area contributed by atoms with E-state index in [1.54, 1.807) is 48.5 Å². The van der Waals surface area contributed by atoms with E-state index in [1.165, 1.54) is 0 Å². The predicted molar refractivity (Wildman–Crippen MR) is 112 cm³/mol. The molecule has 2 rings (SSSR count). The Labute approximate surface area is 160 Å². The molecule has 0 radical (unpaired) electrons. The molecule has 0 fully saturated rings. The maximum Gasteiger partial charge on any atom is 0.248 e. The highest BCUT2D eigenvalue weighted by molar-refractivity contribution is 7.45. The van der Waals surface area contributed by atoms with Crippen LogP contribution in [-0.4, -0.2) is 11.8 Å². The maximum atomic E-state index is 11.9. The zero-order chi connectivity index (χ0) is 20.0. The number of nitrogens with two attached hydrogens (primary N) is 2. The van der Waals surface area contributed by atoms with Gasteiger partial charge in [0.2, 0.25) is 11.8 Å². The molecule has 0 saturated carbocycles. The summed E-state index contributed by atoms with van der Waals surface area (Å²) in [6.45, 7) is 1.82.